The Bertz CT molecular complexity index is 626. The predicted octanol–water partition coefficient (Wildman–Crippen LogP) is 3.32. The molecule has 1 aliphatic carbocycles. The van der Waals surface area contributed by atoms with E-state index in [1.54, 1.807) is 12.1 Å². The van der Waals surface area contributed by atoms with E-state index in [1.165, 1.54) is 42.5 Å². The molecular formula is C16H16ClNO2. The lowest BCUT2D eigenvalue weighted by Gasteiger charge is -1.96. The molecule has 0 unspecified atom stereocenters. The number of primary amides is 1. The van der Waals surface area contributed by atoms with Gasteiger partial charge in [-0.25, -0.2) is 0 Å². The maximum absolute atomic E-state index is 10.5. The summed E-state index contributed by atoms with van der Waals surface area (Å²) in [5.74, 6) is -0.687. The van der Waals surface area contributed by atoms with Crippen LogP contribution in [0.1, 0.15) is 27.9 Å². The van der Waals surface area contributed by atoms with Gasteiger partial charge in [0.25, 0.3) is 5.91 Å². The summed E-state index contributed by atoms with van der Waals surface area (Å²) < 4.78 is 0. The molecule has 0 saturated carbocycles. The third-order valence-electron chi connectivity index (χ3n) is 3.23. The van der Waals surface area contributed by atoms with E-state index in [-0.39, 0.29) is 11.3 Å². The van der Waals surface area contributed by atoms with Gasteiger partial charge in [0.2, 0.25) is 0 Å². The molecule has 20 heavy (non-hydrogen) atoms. The van der Waals surface area contributed by atoms with Crippen molar-refractivity contribution in [2.75, 3.05) is 0 Å². The molecule has 2 aromatic carbocycles. The molecule has 0 aliphatic heterocycles. The lowest BCUT2D eigenvalue weighted by Crippen LogP contribution is -2.10. The molecule has 104 valence electrons. The van der Waals surface area contributed by atoms with Crippen molar-refractivity contribution in [3.63, 3.8) is 0 Å². The summed E-state index contributed by atoms with van der Waals surface area (Å²) in [5, 5.41) is 9.86. The Morgan fingerprint density at radius 2 is 1.80 bits per heavy atom. The molecular weight excluding hydrogens is 274 g/mol. The summed E-state index contributed by atoms with van der Waals surface area (Å²) in [6.45, 7) is 0. The number of para-hydroxylation sites is 1. The highest BCUT2D eigenvalue weighted by Gasteiger charge is 2.09. The maximum atomic E-state index is 10.5. The molecule has 3 rings (SSSR count). The van der Waals surface area contributed by atoms with Crippen LogP contribution < -0.4 is 5.73 Å². The third kappa shape index (κ3) is 3.52. The highest BCUT2D eigenvalue weighted by atomic mass is 35.5. The lowest BCUT2D eigenvalue weighted by atomic mass is 10.1. The minimum atomic E-state index is -0.613. The second-order valence-corrected chi connectivity index (χ2v) is 5.08. The summed E-state index contributed by atoms with van der Waals surface area (Å²) >= 11 is 5.82. The number of halogens is 1. The van der Waals surface area contributed by atoms with E-state index in [1.807, 2.05) is 6.07 Å². The number of hydrogen-bond donors (Lipinski definition) is 2. The van der Waals surface area contributed by atoms with Gasteiger partial charge in [0.05, 0.1) is 5.56 Å². The Morgan fingerprint density at radius 1 is 1.10 bits per heavy atom. The van der Waals surface area contributed by atoms with E-state index in [2.05, 4.69) is 12.1 Å². The number of phenols is 1. The van der Waals surface area contributed by atoms with Crippen molar-refractivity contribution in [1.82, 2.24) is 0 Å². The zero-order valence-corrected chi connectivity index (χ0v) is 11.7. The smallest absolute Gasteiger partial charge is 0.252 e. The maximum Gasteiger partial charge on any atom is 0.252 e. The number of nitrogens with two attached hydrogens (primary N) is 1. The summed E-state index contributed by atoms with van der Waals surface area (Å²) in [6, 6.07) is 12.4. The van der Waals surface area contributed by atoms with E-state index in [0.717, 1.165) is 5.02 Å². The van der Waals surface area contributed by atoms with Gasteiger partial charge in [-0.15, -0.1) is 0 Å². The SMILES string of the molecule is Clc1ccc2c(c1)CCC2.NC(=O)c1ccccc1O. The summed E-state index contributed by atoms with van der Waals surface area (Å²) in [5.41, 5.74) is 8.01. The Hall–Kier alpha value is -2.00. The van der Waals surface area contributed by atoms with Crippen LogP contribution in [0.15, 0.2) is 42.5 Å². The highest BCUT2D eigenvalue weighted by Crippen LogP contribution is 2.24. The van der Waals surface area contributed by atoms with Crippen molar-refractivity contribution in [2.24, 2.45) is 5.73 Å². The molecule has 0 atom stereocenters. The Labute approximate surface area is 123 Å². The van der Waals surface area contributed by atoms with Crippen molar-refractivity contribution >= 4 is 17.5 Å². The Morgan fingerprint density at radius 3 is 2.45 bits per heavy atom. The number of hydrogen-bond acceptors (Lipinski definition) is 2. The van der Waals surface area contributed by atoms with E-state index >= 15 is 0 Å². The standard InChI is InChI=1S/C9H9Cl.C7H7NO2/c10-9-5-4-7-2-1-3-8(7)6-9;8-7(10)5-3-1-2-4-6(5)9/h4-6H,1-3H2;1-4,9H,(H2,8,10). The van der Waals surface area contributed by atoms with Crippen LogP contribution in [0.3, 0.4) is 0 Å². The molecule has 3 nitrogen and oxygen atoms in total. The van der Waals surface area contributed by atoms with Crippen LogP contribution in [0.4, 0.5) is 0 Å². The molecule has 1 aliphatic rings. The highest BCUT2D eigenvalue weighted by molar-refractivity contribution is 6.30. The first-order valence-corrected chi connectivity index (χ1v) is 6.81. The molecule has 1 amide bonds. The van der Waals surface area contributed by atoms with Crippen molar-refractivity contribution in [3.05, 3.63) is 64.2 Å². The monoisotopic (exact) mass is 289 g/mol. The second kappa shape index (κ2) is 6.44. The molecule has 0 spiro atoms. The van der Waals surface area contributed by atoms with E-state index in [0.29, 0.717) is 0 Å². The van der Waals surface area contributed by atoms with Gasteiger partial charge in [-0.1, -0.05) is 29.8 Å². The molecule has 0 radical (unpaired) electrons. The fourth-order valence-corrected chi connectivity index (χ4v) is 2.42. The van der Waals surface area contributed by atoms with Gasteiger partial charge >= 0.3 is 0 Å². The number of aromatic hydroxyl groups is 1. The van der Waals surface area contributed by atoms with Crippen LogP contribution in [-0.2, 0) is 12.8 Å². The average Bonchev–Trinajstić information content (AvgIpc) is 2.87. The zero-order chi connectivity index (χ0) is 14.5. The summed E-state index contributed by atoms with van der Waals surface area (Å²) in [6.07, 6.45) is 3.76. The van der Waals surface area contributed by atoms with Crippen molar-refractivity contribution in [2.45, 2.75) is 19.3 Å². The number of fused-ring (bicyclic) bond motifs is 1. The first-order chi connectivity index (χ1) is 9.58. The number of aryl methyl sites for hydroxylation is 2. The van der Waals surface area contributed by atoms with Crippen LogP contribution in [0.25, 0.3) is 0 Å². The summed E-state index contributed by atoms with van der Waals surface area (Å²) in [7, 11) is 0. The van der Waals surface area contributed by atoms with Gasteiger partial charge in [0, 0.05) is 5.02 Å². The van der Waals surface area contributed by atoms with Crippen molar-refractivity contribution in [3.8, 4) is 5.75 Å². The lowest BCUT2D eigenvalue weighted by molar-refractivity contribution is 0.0998. The van der Waals surface area contributed by atoms with Gasteiger partial charge in [-0.3, -0.25) is 4.79 Å². The molecule has 0 heterocycles. The molecule has 4 heteroatoms. The van der Waals surface area contributed by atoms with Crippen molar-refractivity contribution in [1.29, 1.82) is 0 Å². The van der Waals surface area contributed by atoms with Crippen LogP contribution in [-0.4, -0.2) is 11.0 Å². The number of rotatable bonds is 1. The van der Waals surface area contributed by atoms with Crippen LogP contribution in [0.2, 0.25) is 5.02 Å². The first-order valence-electron chi connectivity index (χ1n) is 6.43. The number of carbonyl (C=O) groups excluding carboxylic acids is 1. The Kier molecular flexibility index (Phi) is 4.64. The number of carbonyl (C=O) groups is 1. The quantitative estimate of drug-likeness (QED) is 0.846. The third-order valence-corrected chi connectivity index (χ3v) is 3.47. The topological polar surface area (TPSA) is 63.3 Å². The largest absolute Gasteiger partial charge is 0.507 e. The van der Waals surface area contributed by atoms with E-state index in [9.17, 15) is 4.79 Å². The molecule has 3 N–H and O–H groups in total. The molecule has 0 fully saturated rings. The minimum absolute atomic E-state index is 0.0741. The fourth-order valence-electron chi connectivity index (χ4n) is 2.22. The van der Waals surface area contributed by atoms with Crippen LogP contribution >= 0.6 is 11.6 Å². The second-order valence-electron chi connectivity index (χ2n) is 4.65. The molecule has 0 saturated heterocycles. The van der Waals surface area contributed by atoms with Gasteiger partial charge in [-0.05, 0) is 54.7 Å². The van der Waals surface area contributed by atoms with Gasteiger partial charge in [-0.2, -0.15) is 0 Å². The molecule has 2 aromatic rings. The fraction of sp³-hybridized carbons (Fsp3) is 0.188. The van der Waals surface area contributed by atoms with E-state index in [4.69, 9.17) is 22.4 Å². The average molecular weight is 290 g/mol. The molecule has 0 bridgehead atoms. The van der Waals surface area contributed by atoms with Crippen LogP contribution in [0.5, 0.6) is 5.75 Å². The van der Waals surface area contributed by atoms with Gasteiger partial charge in [0.1, 0.15) is 5.75 Å². The van der Waals surface area contributed by atoms with E-state index < -0.39 is 5.91 Å². The van der Waals surface area contributed by atoms with Gasteiger partial charge in [0.15, 0.2) is 0 Å². The molecule has 0 aromatic heterocycles. The Balaban J connectivity index is 0.000000147. The normalized spacial score (nSPS) is 12.2. The number of benzene rings is 2. The van der Waals surface area contributed by atoms with Crippen LogP contribution in [0, 0.1) is 0 Å². The predicted molar refractivity (Wildman–Crippen MR) is 80.1 cm³/mol. The zero-order valence-electron chi connectivity index (χ0n) is 11.0. The van der Waals surface area contributed by atoms with Gasteiger partial charge < -0.3 is 10.8 Å². The minimum Gasteiger partial charge on any atom is -0.507 e. The first kappa shape index (κ1) is 14.4. The number of amides is 1. The van der Waals surface area contributed by atoms with Crippen molar-refractivity contribution < 1.29 is 9.90 Å². The summed E-state index contributed by atoms with van der Waals surface area (Å²) in [4.78, 5) is 10.5.